The predicted octanol–water partition coefficient (Wildman–Crippen LogP) is 2.84. The average Bonchev–Trinajstić information content (AvgIpc) is 2.78. The van der Waals surface area contributed by atoms with Crippen LogP contribution in [0, 0.1) is 5.92 Å². The van der Waals surface area contributed by atoms with Crippen molar-refractivity contribution in [2.24, 2.45) is 5.92 Å². The Morgan fingerprint density at radius 2 is 1.97 bits per heavy atom. The molecule has 1 aromatic carbocycles. The number of esters is 1. The van der Waals surface area contributed by atoms with Gasteiger partial charge in [0, 0.05) is 25.5 Å². The van der Waals surface area contributed by atoms with E-state index in [2.05, 4.69) is 9.72 Å². The van der Waals surface area contributed by atoms with Crippen LogP contribution in [0.5, 0.6) is 11.5 Å². The van der Waals surface area contributed by atoms with Crippen molar-refractivity contribution in [3.63, 3.8) is 0 Å². The summed E-state index contributed by atoms with van der Waals surface area (Å²) in [5.41, 5.74) is 0.545. The van der Waals surface area contributed by atoms with E-state index < -0.39 is 28.5 Å². The number of carbonyl (C=O) groups is 1. The van der Waals surface area contributed by atoms with E-state index in [1.54, 1.807) is 6.07 Å². The van der Waals surface area contributed by atoms with Crippen LogP contribution in [-0.2, 0) is 26.2 Å². The number of rotatable bonds is 8. The van der Waals surface area contributed by atoms with E-state index in [0.717, 1.165) is 0 Å². The van der Waals surface area contributed by atoms with Crippen LogP contribution in [0.1, 0.15) is 18.4 Å². The summed E-state index contributed by atoms with van der Waals surface area (Å²) in [5, 5.41) is 0. The standard InChI is InChI=1S/C20H22F2N2O6S/c1-28-18-11-14(4-5-17(18)30-20(21)22)13-29-19(25)15-6-9-24(10-7-15)31(26,27)16-3-2-8-23-12-16/h2-5,8,11-12,15,20H,6-7,9-10,13H2,1H3. The number of benzene rings is 1. The molecule has 2 heterocycles. The van der Waals surface area contributed by atoms with Gasteiger partial charge in [-0.25, -0.2) is 8.42 Å². The number of nitrogens with zero attached hydrogens (tertiary/aromatic N) is 2. The van der Waals surface area contributed by atoms with E-state index in [0.29, 0.717) is 18.4 Å². The number of pyridine rings is 1. The van der Waals surface area contributed by atoms with Gasteiger partial charge in [-0.2, -0.15) is 13.1 Å². The third-order valence-corrected chi connectivity index (χ3v) is 6.77. The molecule has 31 heavy (non-hydrogen) atoms. The number of piperidine rings is 1. The Morgan fingerprint density at radius 3 is 2.58 bits per heavy atom. The number of aromatic nitrogens is 1. The minimum Gasteiger partial charge on any atom is -0.493 e. The summed E-state index contributed by atoms with van der Waals surface area (Å²) >= 11 is 0. The molecular weight excluding hydrogens is 434 g/mol. The number of methoxy groups -OCH3 is 1. The Labute approximate surface area is 178 Å². The summed E-state index contributed by atoms with van der Waals surface area (Å²) in [7, 11) is -2.33. The molecule has 0 aliphatic carbocycles. The number of ether oxygens (including phenoxy) is 3. The first kappa shape index (κ1) is 22.9. The van der Waals surface area contributed by atoms with Crippen molar-refractivity contribution in [3.8, 4) is 11.5 Å². The molecule has 168 valence electrons. The van der Waals surface area contributed by atoms with Gasteiger partial charge in [-0.15, -0.1) is 0 Å². The number of alkyl halides is 2. The maximum atomic E-state index is 12.6. The lowest BCUT2D eigenvalue weighted by atomic mass is 9.98. The van der Waals surface area contributed by atoms with Crippen molar-refractivity contribution >= 4 is 16.0 Å². The van der Waals surface area contributed by atoms with Gasteiger partial charge in [0.1, 0.15) is 11.5 Å². The van der Waals surface area contributed by atoms with E-state index in [4.69, 9.17) is 9.47 Å². The van der Waals surface area contributed by atoms with Crippen LogP contribution in [-0.4, -0.2) is 50.5 Å². The van der Waals surface area contributed by atoms with Gasteiger partial charge in [0.2, 0.25) is 10.0 Å². The second kappa shape index (κ2) is 10.0. The zero-order valence-electron chi connectivity index (χ0n) is 16.7. The molecule has 1 aliphatic rings. The maximum absolute atomic E-state index is 12.6. The fourth-order valence-corrected chi connectivity index (χ4v) is 4.68. The third kappa shape index (κ3) is 5.67. The first-order chi connectivity index (χ1) is 14.8. The van der Waals surface area contributed by atoms with Crippen molar-refractivity contribution in [1.82, 2.24) is 9.29 Å². The lowest BCUT2D eigenvalue weighted by molar-refractivity contribution is -0.151. The minimum absolute atomic E-state index is 0.0711. The number of hydrogen-bond donors (Lipinski definition) is 0. The monoisotopic (exact) mass is 456 g/mol. The average molecular weight is 456 g/mol. The van der Waals surface area contributed by atoms with Crippen LogP contribution in [0.25, 0.3) is 0 Å². The molecule has 1 saturated heterocycles. The van der Waals surface area contributed by atoms with Crippen molar-refractivity contribution in [1.29, 1.82) is 0 Å². The molecule has 3 rings (SSSR count). The van der Waals surface area contributed by atoms with Crippen molar-refractivity contribution < 1.29 is 36.2 Å². The van der Waals surface area contributed by atoms with Crippen LogP contribution in [0.3, 0.4) is 0 Å². The van der Waals surface area contributed by atoms with Crippen molar-refractivity contribution in [2.45, 2.75) is 31.0 Å². The topological polar surface area (TPSA) is 95.0 Å². The quantitative estimate of drug-likeness (QED) is 0.564. The first-order valence-electron chi connectivity index (χ1n) is 9.50. The summed E-state index contributed by atoms with van der Waals surface area (Å²) in [6.07, 6.45) is 3.46. The fourth-order valence-electron chi connectivity index (χ4n) is 3.25. The van der Waals surface area contributed by atoms with E-state index in [1.807, 2.05) is 0 Å². The van der Waals surface area contributed by atoms with E-state index in [9.17, 15) is 22.0 Å². The first-order valence-corrected chi connectivity index (χ1v) is 10.9. The molecule has 1 aromatic heterocycles. The molecule has 11 heteroatoms. The zero-order chi connectivity index (χ0) is 22.4. The predicted molar refractivity (Wildman–Crippen MR) is 105 cm³/mol. The van der Waals surface area contributed by atoms with Gasteiger partial charge in [-0.05, 0) is 42.7 Å². The minimum atomic E-state index is -3.65. The number of hydrogen-bond acceptors (Lipinski definition) is 7. The summed E-state index contributed by atoms with van der Waals surface area (Å²) in [4.78, 5) is 16.4. The Kier molecular flexibility index (Phi) is 7.39. The molecule has 0 atom stereocenters. The summed E-state index contributed by atoms with van der Waals surface area (Å²) in [6, 6.07) is 7.30. The largest absolute Gasteiger partial charge is 0.493 e. The zero-order valence-corrected chi connectivity index (χ0v) is 17.6. The van der Waals surface area contributed by atoms with Crippen molar-refractivity contribution in [3.05, 3.63) is 48.3 Å². The summed E-state index contributed by atoms with van der Waals surface area (Å²) in [6.45, 7) is -2.65. The van der Waals surface area contributed by atoms with Gasteiger partial charge < -0.3 is 14.2 Å². The Morgan fingerprint density at radius 1 is 1.23 bits per heavy atom. The molecule has 0 spiro atoms. The Balaban J connectivity index is 1.54. The van der Waals surface area contributed by atoms with Crippen LogP contribution < -0.4 is 9.47 Å². The highest BCUT2D eigenvalue weighted by Gasteiger charge is 2.33. The summed E-state index contributed by atoms with van der Waals surface area (Å²) < 4.78 is 66.1. The van der Waals surface area contributed by atoms with Gasteiger partial charge in [0.05, 0.1) is 13.0 Å². The SMILES string of the molecule is COc1cc(COC(=O)C2CCN(S(=O)(=O)c3cccnc3)CC2)ccc1OC(F)F. The summed E-state index contributed by atoms with van der Waals surface area (Å²) in [5.74, 6) is -0.883. The maximum Gasteiger partial charge on any atom is 0.387 e. The van der Waals surface area contributed by atoms with Gasteiger partial charge in [0.25, 0.3) is 0 Å². The lowest BCUT2D eigenvalue weighted by Crippen LogP contribution is -2.40. The van der Waals surface area contributed by atoms with Gasteiger partial charge in [-0.3, -0.25) is 9.78 Å². The number of carbonyl (C=O) groups excluding carboxylic acids is 1. The second-order valence-electron chi connectivity index (χ2n) is 6.84. The van der Waals surface area contributed by atoms with Gasteiger partial charge in [0.15, 0.2) is 11.5 Å². The van der Waals surface area contributed by atoms with Gasteiger partial charge >= 0.3 is 12.6 Å². The molecule has 0 N–H and O–H groups in total. The highest BCUT2D eigenvalue weighted by molar-refractivity contribution is 7.89. The van der Waals surface area contributed by atoms with E-state index in [-0.39, 0.29) is 36.1 Å². The normalized spacial score (nSPS) is 15.6. The number of halogens is 2. The molecule has 0 unspecified atom stereocenters. The van der Waals surface area contributed by atoms with E-state index >= 15 is 0 Å². The van der Waals surface area contributed by atoms with Crippen LogP contribution >= 0.6 is 0 Å². The Hall–Kier alpha value is -2.79. The van der Waals surface area contributed by atoms with Crippen LogP contribution in [0.2, 0.25) is 0 Å². The lowest BCUT2D eigenvalue weighted by Gasteiger charge is -2.30. The van der Waals surface area contributed by atoms with Gasteiger partial charge in [-0.1, -0.05) is 6.07 Å². The fraction of sp³-hybridized carbons (Fsp3) is 0.400. The molecule has 0 saturated carbocycles. The molecular formula is C20H22F2N2O6S. The highest BCUT2D eigenvalue weighted by atomic mass is 32.2. The molecule has 0 amide bonds. The smallest absolute Gasteiger partial charge is 0.387 e. The highest BCUT2D eigenvalue weighted by Crippen LogP contribution is 2.30. The van der Waals surface area contributed by atoms with E-state index in [1.165, 1.54) is 48.1 Å². The third-order valence-electron chi connectivity index (χ3n) is 4.88. The molecule has 2 aromatic rings. The van der Waals surface area contributed by atoms with Crippen LogP contribution in [0.4, 0.5) is 8.78 Å². The van der Waals surface area contributed by atoms with Crippen LogP contribution in [0.15, 0.2) is 47.6 Å². The molecule has 0 bridgehead atoms. The molecule has 0 radical (unpaired) electrons. The molecule has 8 nitrogen and oxygen atoms in total. The number of sulfonamides is 1. The van der Waals surface area contributed by atoms with Crippen molar-refractivity contribution in [2.75, 3.05) is 20.2 Å². The molecule has 1 aliphatic heterocycles. The second-order valence-corrected chi connectivity index (χ2v) is 8.78. The molecule has 1 fully saturated rings. The Bertz CT molecular complexity index is 996.